The van der Waals surface area contributed by atoms with Crippen LogP contribution in [-0.4, -0.2) is 18.6 Å². The van der Waals surface area contributed by atoms with E-state index in [0.29, 0.717) is 22.7 Å². The fourth-order valence-electron chi connectivity index (χ4n) is 2.75. The molecule has 0 saturated carbocycles. The topological polar surface area (TPSA) is 89.8 Å². The van der Waals surface area contributed by atoms with E-state index in [2.05, 4.69) is 10.6 Å². The molecule has 1 aromatic heterocycles. The molecule has 1 aliphatic rings. The molecule has 7 nitrogen and oxygen atoms in total. The Bertz CT molecular complexity index is 1070. The molecule has 0 spiro atoms. The van der Waals surface area contributed by atoms with Crippen molar-refractivity contribution in [1.82, 2.24) is 5.32 Å². The van der Waals surface area contributed by atoms with Gasteiger partial charge in [0, 0.05) is 5.69 Å². The Labute approximate surface area is 166 Å². The Morgan fingerprint density at radius 1 is 1.00 bits per heavy atom. The summed E-state index contributed by atoms with van der Waals surface area (Å²) in [7, 11) is 0. The third kappa shape index (κ3) is 4.30. The van der Waals surface area contributed by atoms with Crippen molar-refractivity contribution in [2.75, 3.05) is 12.1 Å². The number of hydrogen-bond acceptors (Lipinski definition) is 5. The molecule has 0 aliphatic carbocycles. The summed E-state index contributed by atoms with van der Waals surface area (Å²) in [4.78, 5) is 25.3. The van der Waals surface area contributed by atoms with E-state index in [-0.39, 0.29) is 18.3 Å². The highest BCUT2D eigenvalue weighted by molar-refractivity contribution is 6.10. The second-order valence-electron chi connectivity index (χ2n) is 6.42. The van der Waals surface area contributed by atoms with E-state index in [1.54, 1.807) is 42.5 Å². The molecule has 3 aromatic rings. The molecule has 29 heavy (non-hydrogen) atoms. The van der Waals surface area contributed by atoms with Crippen LogP contribution < -0.4 is 20.1 Å². The Kier molecular flexibility index (Phi) is 5.03. The van der Waals surface area contributed by atoms with Crippen molar-refractivity contribution in [3.8, 4) is 11.5 Å². The summed E-state index contributed by atoms with van der Waals surface area (Å²) in [6.07, 6.45) is 2.95. The van der Waals surface area contributed by atoms with Gasteiger partial charge >= 0.3 is 0 Å². The van der Waals surface area contributed by atoms with E-state index in [1.807, 2.05) is 19.1 Å². The molecule has 2 N–H and O–H groups in total. The number of fused-ring (bicyclic) bond motifs is 1. The number of carbonyl (C=O) groups is 2. The first-order valence-corrected chi connectivity index (χ1v) is 8.93. The molecule has 0 atom stereocenters. The molecule has 0 unspecified atom stereocenters. The lowest BCUT2D eigenvalue weighted by atomic mass is 10.1. The van der Waals surface area contributed by atoms with E-state index in [4.69, 9.17) is 13.9 Å². The fraction of sp³-hybridized carbons (Fsp3) is 0.0909. The van der Waals surface area contributed by atoms with Crippen LogP contribution >= 0.6 is 0 Å². The summed E-state index contributed by atoms with van der Waals surface area (Å²) in [6.45, 7) is 2.11. The van der Waals surface area contributed by atoms with Gasteiger partial charge in [0.15, 0.2) is 17.3 Å². The number of anilines is 1. The van der Waals surface area contributed by atoms with Crippen LogP contribution in [-0.2, 0) is 4.79 Å². The van der Waals surface area contributed by atoms with Gasteiger partial charge in [-0.1, -0.05) is 23.8 Å². The number of furan rings is 1. The molecule has 1 aliphatic heterocycles. The van der Waals surface area contributed by atoms with Crippen LogP contribution in [0, 0.1) is 6.92 Å². The molecule has 0 bridgehead atoms. The number of rotatable bonds is 5. The van der Waals surface area contributed by atoms with Crippen molar-refractivity contribution in [3.63, 3.8) is 0 Å². The second kappa shape index (κ2) is 7.93. The third-order valence-electron chi connectivity index (χ3n) is 4.25. The number of aryl methyl sites for hydroxylation is 1. The number of benzene rings is 2. The van der Waals surface area contributed by atoms with E-state index < -0.39 is 11.8 Å². The van der Waals surface area contributed by atoms with Crippen molar-refractivity contribution in [2.45, 2.75) is 6.92 Å². The van der Waals surface area contributed by atoms with Gasteiger partial charge in [0.25, 0.3) is 11.8 Å². The highest BCUT2D eigenvalue weighted by atomic mass is 16.7. The molecule has 0 radical (unpaired) electrons. The zero-order valence-corrected chi connectivity index (χ0v) is 15.6. The van der Waals surface area contributed by atoms with Gasteiger partial charge in [-0.15, -0.1) is 0 Å². The average Bonchev–Trinajstić information content (AvgIpc) is 3.40. The molecule has 7 heteroatoms. The highest BCUT2D eigenvalue weighted by Gasteiger charge is 2.18. The number of ether oxygens (including phenoxy) is 2. The van der Waals surface area contributed by atoms with Crippen LogP contribution in [0.3, 0.4) is 0 Å². The van der Waals surface area contributed by atoms with E-state index in [9.17, 15) is 9.59 Å². The van der Waals surface area contributed by atoms with Crippen molar-refractivity contribution in [3.05, 3.63) is 83.4 Å². The normalized spacial score (nSPS) is 12.5. The van der Waals surface area contributed by atoms with Crippen molar-refractivity contribution < 1.29 is 23.5 Å². The van der Waals surface area contributed by atoms with Crippen molar-refractivity contribution in [1.29, 1.82) is 0 Å². The molecule has 2 aromatic carbocycles. The molecule has 0 fully saturated rings. The summed E-state index contributed by atoms with van der Waals surface area (Å²) in [6, 6.07) is 15.7. The lowest BCUT2D eigenvalue weighted by Gasteiger charge is -2.11. The molecule has 146 valence electrons. The van der Waals surface area contributed by atoms with E-state index in [0.717, 1.165) is 5.56 Å². The highest BCUT2D eigenvalue weighted by Crippen LogP contribution is 2.33. The zero-order chi connectivity index (χ0) is 20.2. The van der Waals surface area contributed by atoms with E-state index >= 15 is 0 Å². The summed E-state index contributed by atoms with van der Waals surface area (Å²) in [5.74, 6) is 0.319. The maximum atomic E-state index is 12.9. The zero-order valence-electron chi connectivity index (χ0n) is 15.6. The summed E-state index contributed by atoms with van der Waals surface area (Å²) < 4.78 is 15.8. The molecule has 0 saturated heterocycles. The first-order valence-electron chi connectivity index (χ1n) is 8.93. The van der Waals surface area contributed by atoms with Gasteiger partial charge in [-0.05, 0) is 55.0 Å². The van der Waals surface area contributed by atoms with Crippen LogP contribution in [0.1, 0.15) is 21.7 Å². The number of nitrogens with one attached hydrogen (secondary N) is 2. The lowest BCUT2D eigenvalue weighted by Crippen LogP contribution is -2.30. The molecule has 2 heterocycles. The van der Waals surface area contributed by atoms with Crippen LogP contribution in [0.2, 0.25) is 0 Å². The Hall–Kier alpha value is -4.00. The Balaban J connectivity index is 1.61. The quantitative estimate of drug-likeness (QED) is 0.648. The number of amides is 2. The average molecular weight is 390 g/mol. The third-order valence-corrected chi connectivity index (χ3v) is 4.25. The predicted molar refractivity (Wildman–Crippen MR) is 107 cm³/mol. The molecular weight excluding hydrogens is 372 g/mol. The summed E-state index contributed by atoms with van der Waals surface area (Å²) in [5.41, 5.74) is 2.42. The molecular formula is C22H18N2O5. The summed E-state index contributed by atoms with van der Waals surface area (Å²) in [5, 5.41) is 5.40. The van der Waals surface area contributed by atoms with Crippen molar-refractivity contribution in [2.24, 2.45) is 0 Å². The number of carbonyl (C=O) groups excluding carboxylic acids is 2. The van der Waals surface area contributed by atoms with Gasteiger partial charge in [0.1, 0.15) is 5.70 Å². The monoisotopic (exact) mass is 390 g/mol. The Morgan fingerprint density at radius 3 is 2.55 bits per heavy atom. The standard InChI is InChI=1S/C22H18N2O5/c1-14-4-7-16(8-5-14)23-21(25)17(24-22(26)19-3-2-10-27-19)11-15-6-9-18-20(12-15)29-13-28-18/h2-12H,13H2,1H3,(H,23,25)(H,24,26)/b17-11+. The number of hydrogen-bond donors (Lipinski definition) is 2. The van der Waals surface area contributed by atoms with Crippen LogP contribution in [0.25, 0.3) is 6.08 Å². The van der Waals surface area contributed by atoms with Gasteiger partial charge in [0.2, 0.25) is 6.79 Å². The van der Waals surface area contributed by atoms with Crippen LogP contribution in [0.15, 0.2) is 71.0 Å². The maximum absolute atomic E-state index is 12.9. The minimum Gasteiger partial charge on any atom is -0.459 e. The Morgan fingerprint density at radius 2 is 1.79 bits per heavy atom. The maximum Gasteiger partial charge on any atom is 0.291 e. The lowest BCUT2D eigenvalue weighted by molar-refractivity contribution is -0.113. The van der Waals surface area contributed by atoms with Gasteiger partial charge < -0.3 is 24.5 Å². The first kappa shape index (κ1) is 18.4. The largest absolute Gasteiger partial charge is 0.459 e. The molecule has 4 rings (SSSR count). The van der Waals surface area contributed by atoms with Gasteiger partial charge in [-0.3, -0.25) is 9.59 Å². The predicted octanol–water partition coefficient (Wildman–Crippen LogP) is 3.73. The SMILES string of the molecule is Cc1ccc(NC(=O)/C(=C\c2ccc3c(c2)OCO3)NC(=O)c2ccco2)cc1. The van der Waals surface area contributed by atoms with Crippen molar-refractivity contribution >= 4 is 23.6 Å². The van der Waals surface area contributed by atoms with Gasteiger partial charge in [0.05, 0.1) is 6.26 Å². The van der Waals surface area contributed by atoms with Gasteiger partial charge in [-0.25, -0.2) is 0 Å². The van der Waals surface area contributed by atoms with Gasteiger partial charge in [-0.2, -0.15) is 0 Å². The first-order chi connectivity index (χ1) is 14.1. The minimum atomic E-state index is -0.527. The fourth-order valence-corrected chi connectivity index (χ4v) is 2.75. The second-order valence-corrected chi connectivity index (χ2v) is 6.42. The minimum absolute atomic E-state index is 0.0610. The van der Waals surface area contributed by atoms with Crippen LogP contribution in [0.4, 0.5) is 5.69 Å². The van der Waals surface area contributed by atoms with Crippen LogP contribution in [0.5, 0.6) is 11.5 Å². The smallest absolute Gasteiger partial charge is 0.291 e. The van der Waals surface area contributed by atoms with E-state index in [1.165, 1.54) is 12.3 Å². The molecule has 2 amide bonds. The summed E-state index contributed by atoms with van der Waals surface area (Å²) >= 11 is 0.